The van der Waals surface area contributed by atoms with Gasteiger partial charge in [-0.1, -0.05) is 35.9 Å². The molecule has 4 heteroatoms. The van der Waals surface area contributed by atoms with E-state index >= 15 is 0 Å². The molecule has 1 atom stereocenters. The van der Waals surface area contributed by atoms with Gasteiger partial charge in [-0.25, -0.2) is 0 Å². The topological polar surface area (TPSA) is 24.9 Å². The van der Waals surface area contributed by atoms with E-state index < -0.39 is 0 Å². The van der Waals surface area contributed by atoms with Crippen molar-refractivity contribution >= 4 is 0 Å². The van der Waals surface area contributed by atoms with E-state index in [9.17, 15) is 0 Å². The summed E-state index contributed by atoms with van der Waals surface area (Å²) in [5, 5.41) is 0. The first-order valence-corrected chi connectivity index (χ1v) is 9.30. The third-order valence-electron chi connectivity index (χ3n) is 5.32. The highest BCUT2D eigenvalue weighted by Gasteiger charge is 2.24. The summed E-state index contributed by atoms with van der Waals surface area (Å²) in [5.74, 6) is 1.58. The second kappa shape index (κ2) is 8.56. The summed E-state index contributed by atoms with van der Waals surface area (Å²) in [7, 11) is 5.57. The van der Waals surface area contributed by atoms with Crippen molar-refractivity contribution < 1.29 is 9.47 Å². The molecule has 0 amide bonds. The van der Waals surface area contributed by atoms with Gasteiger partial charge in [0.25, 0.3) is 0 Å². The SMILES string of the molecule is COc1ccc(CC(c2ccc(C)cc2)N2CCN(C)CC2)cc1OC. The van der Waals surface area contributed by atoms with Gasteiger partial charge in [-0.3, -0.25) is 4.90 Å². The van der Waals surface area contributed by atoms with Crippen molar-refractivity contribution in [3.05, 3.63) is 59.2 Å². The van der Waals surface area contributed by atoms with Gasteiger partial charge in [-0.2, -0.15) is 0 Å². The second-order valence-electron chi connectivity index (χ2n) is 7.16. The van der Waals surface area contributed by atoms with Gasteiger partial charge in [0.05, 0.1) is 14.2 Å². The summed E-state index contributed by atoms with van der Waals surface area (Å²) < 4.78 is 10.9. The molecule has 0 spiro atoms. The number of methoxy groups -OCH3 is 2. The normalized spacial score (nSPS) is 17.1. The van der Waals surface area contributed by atoms with E-state index in [2.05, 4.69) is 60.2 Å². The van der Waals surface area contributed by atoms with Crippen molar-refractivity contribution in [2.24, 2.45) is 0 Å². The predicted molar refractivity (Wildman–Crippen MR) is 106 cm³/mol. The van der Waals surface area contributed by atoms with E-state index in [0.29, 0.717) is 6.04 Å². The fourth-order valence-electron chi connectivity index (χ4n) is 3.61. The Morgan fingerprint density at radius 1 is 0.885 bits per heavy atom. The van der Waals surface area contributed by atoms with Crippen LogP contribution in [-0.2, 0) is 6.42 Å². The fraction of sp³-hybridized carbons (Fsp3) is 0.455. The average molecular weight is 354 g/mol. The van der Waals surface area contributed by atoms with Crippen LogP contribution in [0.5, 0.6) is 11.5 Å². The maximum atomic E-state index is 5.49. The van der Waals surface area contributed by atoms with Gasteiger partial charge in [0, 0.05) is 32.2 Å². The Labute approximate surface area is 157 Å². The van der Waals surface area contributed by atoms with E-state index in [1.54, 1.807) is 14.2 Å². The zero-order valence-corrected chi connectivity index (χ0v) is 16.4. The van der Waals surface area contributed by atoms with Crippen LogP contribution in [0.15, 0.2) is 42.5 Å². The highest BCUT2D eigenvalue weighted by atomic mass is 16.5. The van der Waals surface area contributed by atoms with Crippen molar-refractivity contribution in [3.63, 3.8) is 0 Å². The molecule has 0 aromatic heterocycles. The first kappa shape index (κ1) is 18.7. The largest absolute Gasteiger partial charge is 0.493 e. The lowest BCUT2D eigenvalue weighted by Gasteiger charge is -2.38. The maximum absolute atomic E-state index is 5.49. The molecule has 0 radical (unpaired) electrons. The number of aryl methyl sites for hydroxylation is 1. The van der Waals surface area contributed by atoms with Gasteiger partial charge in [-0.05, 0) is 43.7 Å². The van der Waals surface area contributed by atoms with Crippen LogP contribution in [0.4, 0.5) is 0 Å². The Balaban J connectivity index is 1.87. The molecule has 1 fully saturated rings. The third kappa shape index (κ3) is 4.37. The van der Waals surface area contributed by atoms with Crippen LogP contribution in [-0.4, -0.2) is 57.2 Å². The van der Waals surface area contributed by atoms with Crippen molar-refractivity contribution in [2.45, 2.75) is 19.4 Å². The lowest BCUT2D eigenvalue weighted by Crippen LogP contribution is -2.46. The molecule has 0 aliphatic carbocycles. The van der Waals surface area contributed by atoms with Crippen LogP contribution in [0, 0.1) is 6.92 Å². The summed E-state index contributed by atoms with van der Waals surface area (Å²) in [5.41, 5.74) is 3.96. The Hall–Kier alpha value is -2.04. The van der Waals surface area contributed by atoms with E-state index in [-0.39, 0.29) is 0 Å². The van der Waals surface area contributed by atoms with E-state index in [1.165, 1.54) is 16.7 Å². The highest BCUT2D eigenvalue weighted by Crippen LogP contribution is 2.32. The molecule has 1 unspecified atom stereocenters. The first-order valence-electron chi connectivity index (χ1n) is 9.30. The Morgan fingerprint density at radius 3 is 2.15 bits per heavy atom. The number of nitrogens with zero attached hydrogens (tertiary/aromatic N) is 2. The molecule has 1 heterocycles. The van der Waals surface area contributed by atoms with Crippen molar-refractivity contribution in [1.29, 1.82) is 0 Å². The molecule has 1 aliphatic rings. The van der Waals surface area contributed by atoms with Crippen LogP contribution < -0.4 is 9.47 Å². The summed E-state index contributed by atoms with van der Waals surface area (Å²) in [4.78, 5) is 5.01. The number of benzene rings is 2. The van der Waals surface area contributed by atoms with E-state index in [0.717, 1.165) is 44.1 Å². The first-order chi connectivity index (χ1) is 12.6. The molecule has 1 aliphatic heterocycles. The van der Waals surface area contributed by atoms with Gasteiger partial charge in [0.15, 0.2) is 11.5 Å². The minimum atomic E-state index is 0.377. The number of piperazine rings is 1. The number of hydrogen-bond donors (Lipinski definition) is 0. The van der Waals surface area contributed by atoms with Crippen LogP contribution in [0.1, 0.15) is 22.7 Å². The molecule has 1 saturated heterocycles. The second-order valence-corrected chi connectivity index (χ2v) is 7.16. The molecule has 4 nitrogen and oxygen atoms in total. The smallest absolute Gasteiger partial charge is 0.160 e. The lowest BCUT2D eigenvalue weighted by atomic mass is 9.95. The fourth-order valence-corrected chi connectivity index (χ4v) is 3.61. The molecule has 0 bridgehead atoms. The Morgan fingerprint density at radius 2 is 1.54 bits per heavy atom. The van der Waals surface area contributed by atoms with Gasteiger partial charge in [-0.15, -0.1) is 0 Å². The van der Waals surface area contributed by atoms with Crippen molar-refractivity contribution in [2.75, 3.05) is 47.4 Å². The summed E-state index contributed by atoms with van der Waals surface area (Å²) in [6, 6.07) is 15.6. The zero-order valence-electron chi connectivity index (χ0n) is 16.4. The van der Waals surface area contributed by atoms with Crippen molar-refractivity contribution in [3.8, 4) is 11.5 Å². The molecule has 2 aromatic carbocycles. The summed E-state index contributed by atoms with van der Waals surface area (Å²) in [6.45, 7) is 6.58. The molecule has 0 N–H and O–H groups in total. The van der Waals surface area contributed by atoms with Crippen LogP contribution >= 0.6 is 0 Å². The monoisotopic (exact) mass is 354 g/mol. The van der Waals surface area contributed by atoms with Crippen LogP contribution in [0.25, 0.3) is 0 Å². The molecular formula is C22H30N2O2. The summed E-state index contributed by atoms with van der Waals surface area (Å²) >= 11 is 0. The van der Waals surface area contributed by atoms with Crippen LogP contribution in [0.3, 0.4) is 0 Å². The number of hydrogen-bond acceptors (Lipinski definition) is 4. The minimum absolute atomic E-state index is 0.377. The molecule has 0 saturated carbocycles. The molecule has 3 rings (SSSR count). The molecule has 2 aromatic rings. The molecule has 26 heavy (non-hydrogen) atoms. The van der Waals surface area contributed by atoms with Gasteiger partial charge in [0.1, 0.15) is 0 Å². The van der Waals surface area contributed by atoms with Gasteiger partial charge in [0.2, 0.25) is 0 Å². The third-order valence-corrected chi connectivity index (χ3v) is 5.32. The van der Waals surface area contributed by atoms with E-state index in [4.69, 9.17) is 9.47 Å². The maximum Gasteiger partial charge on any atom is 0.160 e. The lowest BCUT2D eigenvalue weighted by molar-refractivity contribution is 0.111. The number of rotatable bonds is 6. The Kier molecular flexibility index (Phi) is 6.17. The van der Waals surface area contributed by atoms with Gasteiger partial charge < -0.3 is 14.4 Å². The minimum Gasteiger partial charge on any atom is -0.493 e. The highest BCUT2D eigenvalue weighted by molar-refractivity contribution is 5.43. The zero-order chi connectivity index (χ0) is 18.5. The van der Waals surface area contributed by atoms with Gasteiger partial charge >= 0.3 is 0 Å². The average Bonchev–Trinajstić information content (AvgIpc) is 2.67. The number of likely N-dealkylation sites (N-methyl/N-ethyl adjacent to an activating group) is 1. The molecule has 140 valence electrons. The summed E-state index contributed by atoms with van der Waals surface area (Å²) in [6.07, 6.45) is 0.965. The quantitative estimate of drug-likeness (QED) is 0.792. The Bertz CT molecular complexity index is 707. The van der Waals surface area contributed by atoms with Crippen molar-refractivity contribution in [1.82, 2.24) is 9.80 Å². The number of ether oxygens (including phenoxy) is 2. The standard InChI is InChI=1S/C22H30N2O2/c1-17-5-8-19(9-6-17)20(24-13-11-23(2)12-14-24)15-18-7-10-21(25-3)22(16-18)26-4/h5-10,16,20H,11-15H2,1-4H3. The molecular weight excluding hydrogens is 324 g/mol. The van der Waals surface area contributed by atoms with Crippen LogP contribution in [0.2, 0.25) is 0 Å². The predicted octanol–water partition coefficient (Wildman–Crippen LogP) is 3.54. The van der Waals surface area contributed by atoms with E-state index in [1.807, 2.05) is 6.07 Å².